The number of amides is 1. The number of hydrogen-bond donors (Lipinski definition) is 2. The topological polar surface area (TPSA) is 71.3 Å². The van der Waals surface area contributed by atoms with Crippen LogP contribution in [0.1, 0.15) is 39.8 Å². The molecule has 3 aromatic rings. The molecule has 1 heterocycles. The fourth-order valence-electron chi connectivity index (χ4n) is 3.25. The molecule has 3 rings (SSSR count). The maximum Gasteiger partial charge on any atom is 0.259 e. The first-order chi connectivity index (χ1) is 14.8. The van der Waals surface area contributed by atoms with Gasteiger partial charge in [0.1, 0.15) is 0 Å². The highest BCUT2D eigenvalue weighted by atomic mass is 35.5. The van der Waals surface area contributed by atoms with Gasteiger partial charge in [0.2, 0.25) is 5.96 Å². The summed E-state index contributed by atoms with van der Waals surface area (Å²) in [6, 6.07) is 12.4. The van der Waals surface area contributed by atoms with E-state index in [9.17, 15) is 4.79 Å². The Morgan fingerprint density at radius 3 is 2.52 bits per heavy atom. The molecule has 0 saturated carbocycles. The summed E-state index contributed by atoms with van der Waals surface area (Å²) < 4.78 is 1.94. The molecule has 0 atom stereocenters. The fourth-order valence-corrected chi connectivity index (χ4v) is 3.70. The SMILES string of the molecule is CCn1nc(C)c(CN=C(NC(=O)c2ccccc2Cl)Nc2ccc(Cl)cc2C)c1C. The zero-order valence-corrected chi connectivity index (χ0v) is 19.5. The molecule has 0 aliphatic heterocycles. The van der Waals surface area contributed by atoms with Crippen LogP contribution in [-0.2, 0) is 13.1 Å². The molecule has 0 bridgehead atoms. The highest BCUT2D eigenvalue weighted by Crippen LogP contribution is 2.20. The van der Waals surface area contributed by atoms with E-state index < -0.39 is 0 Å². The monoisotopic (exact) mass is 457 g/mol. The summed E-state index contributed by atoms with van der Waals surface area (Å²) in [5.74, 6) is -0.0282. The number of anilines is 1. The number of aromatic nitrogens is 2. The molecule has 162 valence electrons. The second-order valence-electron chi connectivity index (χ2n) is 7.15. The number of benzene rings is 2. The molecule has 0 unspecified atom stereocenters. The van der Waals surface area contributed by atoms with E-state index in [4.69, 9.17) is 23.2 Å². The maximum atomic E-state index is 12.8. The van der Waals surface area contributed by atoms with Gasteiger partial charge in [-0.1, -0.05) is 35.3 Å². The largest absolute Gasteiger partial charge is 0.326 e. The van der Waals surface area contributed by atoms with Crippen LogP contribution in [-0.4, -0.2) is 21.6 Å². The van der Waals surface area contributed by atoms with Crippen LogP contribution in [0.4, 0.5) is 5.69 Å². The van der Waals surface area contributed by atoms with Crippen LogP contribution >= 0.6 is 23.2 Å². The minimum Gasteiger partial charge on any atom is -0.326 e. The van der Waals surface area contributed by atoms with E-state index in [1.165, 1.54) is 0 Å². The molecule has 0 aliphatic carbocycles. The highest BCUT2D eigenvalue weighted by Gasteiger charge is 2.15. The summed E-state index contributed by atoms with van der Waals surface area (Å²) in [6.07, 6.45) is 0. The van der Waals surface area contributed by atoms with E-state index >= 15 is 0 Å². The Bertz CT molecular complexity index is 1140. The number of rotatable bonds is 5. The Labute approximate surface area is 192 Å². The van der Waals surface area contributed by atoms with E-state index in [0.29, 0.717) is 28.1 Å². The van der Waals surface area contributed by atoms with Gasteiger partial charge < -0.3 is 5.32 Å². The van der Waals surface area contributed by atoms with Gasteiger partial charge in [-0.25, -0.2) is 4.99 Å². The number of carbonyl (C=O) groups excluding carboxylic acids is 1. The van der Waals surface area contributed by atoms with Crippen LogP contribution < -0.4 is 10.6 Å². The Balaban J connectivity index is 1.91. The molecule has 31 heavy (non-hydrogen) atoms. The number of guanidine groups is 1. The van der Waals surface area contributed by atoms with E-state index in [-0.39, 0.29) is 5.91 Å². The summed E-state index contributed by atoms with van der Waals surface area (Å²) in [6.45, 7) is 9.12. The van der Waals surface area contributed by atoms with E-state index in [1.54, 1.807) is 30.3 Å². The minimum atomic E-state index is -0.346. The molecule has 1 aromatic heterocycles. The number of nitrogens with zero attached hydrogens (tertiary/aromatic N) is 3. The van der Waals surface area contributed by atoms with Crippen molar-refractivity contribution in [1.82, 2.24) is 15.1 Å². The van der Waals surface area contributed by atoms with Crippen molar-refractivity contribution in [3.8, 4) is 0 Å². The van der Waals surface area contributed by atoms with Crippen LogP contribution in [0.2, 0.25) is 10.0 Å². The van der Waals surface area contributed by atoms with Gasteiger partial charge in [0.15, 0.2) is 0 Å². The molecule has 2 N–H and O–H groups in total. The molecule has 0 aliphatic rings. The van der Waals surface area contributed by atoms with Crippen molar-refractivity contribution in [2.75, 3.05) is 5.32 Å². The van der Waals surface area contributed by atoms with Crippen LogP contribution in [0, 0.1) is 20.8 Å². The van der Waals surface area contributed by atoms with E-state index in [1.807, 2.05) is 44.5 Å². The number of halogens is 2. The second-order valence-corrected chi connectivity index (χ2v) is 7.99. The average Bonchev–Trinajstić information content (AvgIpc) is 3.01. The first-order valence-electron chi connectivity index (χ1n) is 9.96. The van der Waals surface area contributed by atoms with Crippen molar-refractivity contribution in [3.05, 3.63) is 80.6 Å². The summed E-state index contributed by atoms with van der Waals surface area (Å²) in [7, 11) is 0. The normalized spacial score (nSPS) is 11.5. The Hall–Kier alpha value is -2.83. The van der Waals surface area contributed by atoms with Crippen molar-refractivity contribution in [1.29, 1.82) is 0 Å². The highest BCUT2D eigenvalue weighted by molar-refractivity contribution is 6.34. The number of carbonyl (C=O) groups is 1. The van der Waals surface area contributed by atoms with Crippen molar-refractivity contribution >= 4 is 40.8 Å². The molecular formula is C23H25Cl2N5O. The van der Waals surface area contributed by atoms with Crippen molar-refractivity contribution in [2.45, 2.75) is 40.8 Å². The first kappa shape index (κ1) is 22.8. The lowest BCUT2D eigenvalue weighted by Gasteiger charge is -2.14. The van der Waals surface area contributed by atoms with Crippen molar-refractivity contribution < 1.29 is 4.79 Å². The van der Waals surface area contributed by atoms with E-state index in [0.717, 1.165) is 34.7 Å². The van der Waals surface area contributed by atoms with Crippen LogP contribution in [0.15, 0.2) is 47.5 Å². The minimum absolute atomic E-state index is 0.318. The lowest BCUT2D eigenvalue weighted by Crippen LogP contribution is -2.36. The van der Waals surface area contributed by atoms with Gasteiger partial charge in [0.25, 0.3) is 5.91 Å². The molecule has 1 amide bonds. The van der Waals surface area contributed by atoms with Gasteiger partial charge in [-0.2, -0.15) is 5.10 Å². The van der Waals surface area contributed by atoms with Gasteiger partial charge in [-0.3, -0.25) is 14.8 Å². The van der Waals surface area contributed by atoms with Crippen LogP contribution in [0.3, 0.4) is 0 Å². The summed E-state index contributed by atoms with van der Waals surface area (Å²) in [5, 5.41) is 11.6. The van der Waals surface area contributed by atoms with Gasteiger partial charge in [0, 0.05) is 28.5 Å². The number of nitrogens with one attached hydrogen (secondary N) is 2. The molecule has 0 radical (unpaired) electrons. The Morgan fingerprint density at radius 1 is 1.13 bits per heavy atom. The smallest absolute Gasteiger partial charge is 0.259 e. The Kier molecular flexibility index (Phi) is 7.36. The maximum absolute atomic E-state index is 12.8. The molecule has 0 saturated heterocycles. The van der Waals surface area contributed by atoms with Gasteiger partial charge >= 0.3 is 0 Å². The third kappa shape index (κ3) is 5.46. The molecular weight excluding hydrogens is 433 g/mol. The first-order valence-corrected chi connectivity index (χ1v) is 10.7. The zero-order valence-electron chi connectivity index (χ0n) is 18.0. The molecule has 0 spiro atoms. The average molecular weight is 458 g/mol. The molecule has 0 fully saturated rings. The van der Waals surface area contributed by atoms with Gasteiger partial charge in [-0.05, 0) is 63.6 Å². The molecule has 6 nitrogen and oxygen atoms in total. The Morgan fingerprint density at radius 2 is 1.87 bits per heavy atom. The van der Waals surface area contributed by atoms with Crippen LogP contribution in [0.5, 0.6) is 0 Å². The predicted molar refractivity (Wildman–Crippen MR) is 127 cm³/mol. The second kappa shape index (κ2) is 9.98. The lowest BCUT2D eigenvalue weighted by atomic mass is 10.2. The van der Waals surface area contributed by atoms with Crippen LogP contribution in [0.25, 0.3) is 0 Å². The standard InChI is InChI=1S/C23H25Cl2N5O/c1-5-30-16(4)19(15(3)29-30)13-26-23(27-21-11-10-17(24)12-14(21)2)28-22(31)18-8-6-7-9-20(18)25/h6-12H,5,13H2,1-4H3,(H2,26,27,28,31). The summed E-state index contributed by atoms with van der Waals surface area (Å²) in [5.41, 5.74) is 5.10. The number of hydrogen-bond acceptors (Lipinski definition) is 3. The number of aryl methyl sites for hydroxylation is 3. The third-order valence-corrected chi connectivity index (χ3v) is 5.58. The fraction of sp³-hybridized carbons (Fsp3) is 0.261. The quantitative estimate of drug-likeness (QED) is 0.390. The van der Waals surface area contributed by atoms with Gasteiger partial charge in [-0.15, -0.1) is 0 Å². The summed E-state index contributed by atoms with van der Waals surface area (Å²) in [4.78, 5) is 17.5. The number of aliphatic imine (C=N–C) groups is 1. The third-order valence-electron chi connectivity index (χ3n) is 5.02. The molecule has 2 aromatic carbocycles. The molecule has 8 heteroatoms. The van der Waals surface area contributed by atoms with Crippen molar-refractivity contribution in [3.63, 3.8) is 0 Å². The zero-order chi connectivity index (χ0) is 22.5. The van der Waals surface area contributed by atoms with Crippen molar-refractivity contribution in [2.24, 2.45) is 4.99 Å². The predicted octanol–water partition coefficient (Wildman–Crippen LogP) is 5.53. The summed E-state index contributed by atoms with van der Waals surface area (Å²) >= 11 is 12.3. The van der Waals surface area contributed by atoms with E-state index in [2.05, 4.69) is 20.7 Å². The van der Waals surface area contributed by atoms with Gasteiger partial charge in [0.05, 0.1) is 22.8 Å². The lowest BCUT2D eigenvalue weighted by molar-refractivity contribution is 0.0977.